The Morgan fingerprint density at radius 3 is 2.89 bits per heavy atom. The van der Waals surface area contributed by atoms with Gasteiger partial charge >= 0.3 is 0 Å². The number of anilines is 1. The average Bonchev–Trinajstić information content (AvgIpc) is 2.40. The van der Waals surface area contributed by atoms with Crippen LogP contribution in [0.4, 0.5) is 10.2 Å². The minimum atomic E-state index is -0.344. The Morgan fingerprint density at radius 2 is 2.11 bits per heavy atom. The van der Waals surface area contributed by atoms with Gasteiger partial charge in [0.2, 0.25) is 0 Å². The van der Waals surface area contributed by atoms with E-state index in [0.717, 1.165) is 16.9 Å². The first kappa shape index (κ1) is 12.4. The summed E-state index contributed by atoms with van der Waals surface area (Å²) in [5, 5.41) is 2.95. The van der Waals surface area contributed by atoms with Crippen molar-refractivity contribution in [3.8, 4) is 5.75 Å². The summed E-state index contributed by atoms with van der Waals surface area (Å²) in [5.41, 5.74) is 1.91. The van der Waals surface area contributed by atoms with E-state index in [2.05, 4.69) is 10.3 Å². The molecule has 18 heavy (non-hydrogen) atoms. The highest BCUT2D eigenvalue weighted by molar-refractivity contribution is 5.36. The number of pyridine rings is 1. The van der Waals surface area contributed by atoms with E-state index >= 15 is 0 Å². The van der Waals surface area contributed by atoms with Crippen LogP contribution in [0.5, 0.6) is 5.75 Å². The molecule has 0 amide bonds. The molecule has 1 aromatic heterocycles. The first-order valence-corrected chi connectivity index (χ1v) is 5.70. The van der Waals surface area contributed by atoms with E-state index in [0.29, 0.717) is 6.61 Å². The van der Waals surface area contributed by atoms with Gasteiger partial charge < -0.3 is 10.1 Å². The van der Waals surface area contributed by atoms with Gasteiger partial charge in [0.25, 0.3) is 0 Å². The zero-order valence-corrected chi connectivity index (χ0v) is 10.4. The van der Waals surface area contributed by atoms with Crippen molar-refractivity contribution in [3.63, 3.8) is 0 Å². The number of aryl methyl sites for hydroxylation is 1. The summed E-state index contributed by atoms with van der Waals surface area (Å²) < 4.78 is 18.9. The zero-order valence-electron chi connectivity index (χ0n) is 10.4. The summed E-state index contributed by atoms with van der Waals surface area (Å²) in [7, 11) is 1.80. The molecule has 0 fully saturated rings. The van der Waals surface area contributed by atoms with E-state index in [1.807, 2.05) is 19.1 Å². The number of aromatic nitrogens is 1. The maximum atomic E-state index is 13.5. The van der Waals surface area contributed by atoms with Crippen LogP contribution in [-0.2, 0) is 6.61 Å². The number of benzene rings is 1. The Bertz CT molecular complexity index is 543. The molecule has 0 atom stereocenters. The standard InChI is InChI=1S/C14H15FN2O/c1-10-3-4-12(15)13(7-10)18-9-11-5-6-17-14(8-11)16-2/h3-8H,9H2,1-2H3,(H,16,17). The third-order valence-corrected chi connectivity index (χ3v) is 2.56. The van der Waals surface area contributed by atoms with Crippen molar-refractivity contribution in [1.82, 2.24) is 4.98 Å². The molecule has 0 unspecified atom stereocenters. The first-order valence-electron chi connectivity index (χ1n) is 5.70. The van der Waals surface area contributed by atoms with Gasteiger partial charge in [-0.25, -0.2) is 9.37 Å². The maximum Gasteiger partial charge on any atom is 0.165 e. The minimum Gasteiger partial charge on any atom is -0.486 e. The highest BCUT2D eigenvalue weighted by Gasteiger charge is 2.04. The molecule has 94 valence electrons. The summed E-state index contributed by atoms with van der Waals surface area (Å²) in [6.07, 6.45) is 1.69. The lowest BCUT2D eigenvalue weighted by atomic mass is 10.2. The van der Waals surface area contributed by atoms with Crippen LogP contribution in [0.25, 0.3) is 0 Å². The number of hydrogen-bond donors (Lipinski definition) is 1. The van der Waals surface area contributed by atoms with E-state index in [1.54, 1.807) is 25.4 Å². The van der Waals surface area contributed by atoms with E-state index in [4.69, 9.17) is 4.74 Å². The van der Waals surface area contributed by atoms with Crippen molar-refractivity contribution in [2.45, 2.75) is 13.5 Å². The first-order chi connectivity index (χ1) is 8.69. The summed E-state index contributed by atoms with van der Waals surface area (Å²) in [6, 6.07) is 8.53. The quantitative estimate of drug-likeness (QED) is 0.899. The molecule has 0 aliphatic carbocycles. The SMILES string of the molecule is CNc1cc(COc2cc(C)ccc2F)ccn1. The van der Waals surface area contributed by atoms with Crippen molar-refractivity contribution in [2.75, 3.05) is 12.4 Å². The topological polar surface area (TPSA) is 34.1 Å². The molecule has 0 aliphatic heterocycles. The smallest absolute Gasteiger partial charge is 0.165 e. The minimum absolute atomic E-state index is 0.276. The fourth-order valence-corrected chi connectivity index (χ4v) is 1.58. The number of nitrogens with zero attached hydrogens (tertiary/aromatic N) is 1. The molecule has 1 heterocycles. The maximum absolute atomic E-state index is 13.5. The molecule has 1 aromatic carbocycles. The molecule has 0 aliphatic rings. The number of halogens is 1. The van der Waals surface area contributed by atoms with Crippen molar-refractivity contribution in [1.29, 1.82) is 0 Å². The Morgan fingerprint density at radius 1 is 1.28 bits per heavy atom. The third-order valence-electron chi connectivity index (χ3n) is 2.56. The average molecular weight is 246 g/mol. The molecular formula is C14H15FN2O. The highest BCUT2D eigenvalue weighted by atomic mass is 19.1. The largest absolute Gasteiger partial charge is 0.486 e. The summed E-state index contributed by atoms with van der Waals surface area (Å²) in [5.74, 6) is 0.696. The normalized spacial score (nSPS) is 10.2. The van der Waals surface area contributed by atoms with Gasteiger partial charge in [-0.1, -0.05) is 6.07 Å². The van der Waals surface area contributed by atoms with Gasteiger partial charge in [-0.3, -0.25) is 0 Å². The lowest BCUT2D eigenvalue weighted by Crippen LogP contribution is -2.00. The second-order valence-electron chi connectivity index (χ2n) is 4.02. The van der Waals surface area contributed by atoms with Crippen LogP contribution in [0.15, 0.2) is 36.5 Å². The zero-order chi connectivity index (χ0) is 13.0. The Labute approximate surface area is 106 Å². The fourth-order valence-electron chi connectivity index (χ4n) is 1.58. The lowest BCUT2D eigenvalue weighted by molar-refractivity contribution is 0.290. The number of hydrogen-bond acceptors (Lipinski definition) is 3. The van der Waals surface area contributed by atoms with Crippen LogP contribution in [0.1, 0.15) is 11.1 Å². The molecule has 0 spiro atoms. The molecule has 1 N–H and O–H groups in total. The molecule has 0 saturated carbocycles. The van der Waals surface area contributed by atoms with Gasteiger partial charge in [0, 0.05) is 13.2 Å². The van der Waals surface area contributed by atoms with E-state index < -0.39 is 0 Å². The van der Waals surface area contributed by atoms with Gasteiger partial charge in [0.15, 0.2) is 11.6 Å². The lowest BCUT2D eigenvalue weighted by Gasteiger charge is -2.09. The molecule has 0 saturated heterocycles. The number of ether oxygens (including phenoxy) is 1. The molecular weight excluding hydrogens is 231 g/mol. The number of rotatable bonds is 4. The number of nitrogens with one attached hydrogen (secondary N) is 1. The third kappa shape index (κ3) is 2.97. The van der Waals surface area contributed by atoms with Gasteiger partial charge in [0.05, 0.1) is 0 Å². The van der Waals surface area contributed by atoms with Gasteiger partial charge in [0.1, 0.15) is 12.4 Å². The van der Waals surface area contributed by atoms with Gasteiger partial charge in [-0.2, -0.15) is 0 Å². The van der Waals surface area contributed by atoms with Crippen LogP contribution >= 0.6 is 0 Å². The molecule has 0 bridgehead atoms. The molecule has 4 heteroatoms. The summed E-state index contributed by atoms with van der Waals surface area (Å²) >= 11 is 0. The van der Waals surface area contributed by atoms with Crippen molar-refractivity contribution < 1.29 is 9.13 Å². The van der Waals surface area contributed by atoms with E-state index in [-0.39, 0.29) is 11.6 Å². The summed E-state index contributed by atoms with van der Waals surface area (Å²) in [6.45, 7) is 2.22. The van der Waals surface area contributed by atoms with Gasteiger partial charge in [-0.05, 0) is 42.3 Å². The van der Waals surface area contributed by atoms with Gasteiger partial charge in [-0.15, -0.1) is 0 Å². The van der Waals surface area contributed by atoms with Crippen LogP contribution in [-0.4, -0.2) is 12.0 Å². The van der Waals surface area contributed by atoms with Crippen molar-refractivity contribution in [2.24, 2.45) is 0 Å². The second kappa shape index (κ2) is 5.49. The molecule has 3 nitrogen and oxygen atoms in total. The van der Waals surface area contributed by atoms with Crippen LogP contribution in [0.2, 0.25) is 0 Å². The molecule has 0 radical (unpaired) electrons. The van der Waals surface area contributed by atoms with E-state index in [9.17, 15) is 4.39 Å². The van der Waals surface area contributed by atoms with Crippen molar-refractivity contribution >= 4 is 5.82 Å². The Balaban J connectivity index is 2.08. The predicted octanol–water partition coefficient (Wildman–Crippen LogP) is 3.15. The van der Waals surface area contributed by atoms with E-state index in [1.165, 1.54) is 6.07 Å². The Kier molecular flexibility index (Phi) is 3.77. The van der Waals surface area contributed by atoms with Crippen LogP contribution < -0.4 is 10.1 Å². The fraction of sp³-hybridized carbons (Fsp3) is 0.214. The highest BCUT2D eigenvalue weighted by Crippen LogP contribution is 2.20. The predicted molar refractivity (Wildman–Crippen MR) is 69.3 cm³/mol. The molecule has 2 rings (SSSR count). The Hall–Kier alpha value is -2.10. The molecule has 2 aromatic rings. The van der Waals surface area contributed by atoms with Crippen molar-refractivity contribution in [3.05, 3.63) is 53.5 Å². The summed E-state index contributed by atoms with van der Waals surface area (Å²) in [4.78, 5) is 4.10. The van der Waals surface area contributed by atoms with Crippen LogP contribution in [0.3, 0.4) is 0 Å². The second-order valence-corrected chi connectivity index (χ2v) is 4.02. The van der Waals surface area contributed by atoms with Crippen LogP contribution in [0, 0.1) is 12.7 Å². The monoisotopic (exact) mass is 246 g/mol.